The van der Waals surface area contributed by atoms with Gasteiger partial charge in [0.1, 0.15) is 11.4 Å². The van der Waals surface area contributed by atoms with E-state index in [4.69, 9.17) is 9.47 Å². The van der Waals surface area contributed by atoms with Crippen molar-refractivity contribution in [1.82, 2.24) is 0 Å². The molecule has 0 aliphatic heterocycles. The van der Waals surface area contributed by atoms with E-state index in [1.165, 1.54) is 180 Å². The van der Waals surface area contributed by atoms with Gasteiger partial charge in [0, 0.05) is 26.3 Å². The molecule has 0 fully saturated rings. The predicted octanol–water partition coefficient (Wildman–Crippen LogP) is 12.7. The van der Waals surface area contributed by atoms with Crippen molar-refractivity contribution in [2.45, 2.75) is 219 Å². The van der Waals surface area contributed by atoms with Crippen LogP contribution in [0, 0.1) is 0 Å². The van der Waals surface area contributed by atoms with E-state index in [-0.39, 0.29) is 25.5 Å². The zero-order valence-corrected chi connectivity index (χ0v) is 35.0. The van der Waals surface area contributed by atoms with Crippen molar-refractivity contribution in [3.8, 4) is 5.75 Å². The van der Waals surface area contributed by atoms with Gasteiger partial charge in [0.15, 0.2) is 0 Å². The molecule has 0 aromatic heterocycles. The van der Waals surface area contributed by atoms with Crippen LogP contribution in [-0.2, 0) is 9.47 Å². The summed E-state index contributed by atoms with van der Waals surface area (Å²) < 4.78 is 11.5. The van der Waals surface area contributed by atoms with Gasteiger partial charge in [-0.2, -0.15) is 0 Å². The molecule has 0 amide bonds. The molecule has 0 radical (unpaired) electrons. The van der Waals surface area contributed by atoms with Crippen LogP contribution in [-0.4, -0.2) is 67.0 Å². The van der Waals surface area contributed by atoms with Gasteiger partial charge < -0.3 is 35.4 Å². The normalized spacial score (nSPS) is 12.7. The fourth-order valence-electron chi connectivity index (χ4n) is 7.03. The average Bonchev–Trinajstić information content (AvgIpc) is 3.16. The number of nitrogens with one attached hydrogen (secondary N) is 2. The standard InChI is InChI=1S/C46H88N2O5/c1-3-5-7-9-11-13-15-17-19-21-23-25-27-29-31-36-52-40-42(49)38-47-44-34-33-35-45(51)46(44)48-39-43(50)41-53-37-32-30-28-26-24-22-20-18-16-14-12-10-8-6-4-2/h33-35,42-43,47-51H,3-32,36-41H2,1-2H3. The number of hydrogen-bond acceptors (Lipinski definition) is 7. The molecule has 5 N–H and O–H groups in total. The van der Waals surface area contributed by atoms with Crippen LogP contribution in [0.25, 0.3) is 0 Å². The van der Waals surface area contributed by atoms with E-state index in [1.54, 1.807) is 12.1 Å². The molecular weight excluding hydrogens is 661 g/mol. The lowest BCUT2D eigenvalue weighted by molar-refractivity contribution is 0.0414. The van der Waals surface area contributed by atoms with Gasteiger partial charge in [-0.05, 0) is 25.0 Å². The zero-order valence-electron chi connectivity index (χ0n) is 35.0. The number of aromatic hydroxyl groups is 1. The third-order valence-electron chi connectivity index (χ3n) is 10.5. The predicted molar refractivity (Wildman–Crippen MR) is 229 cm³/mol. The highest BCUT2D eigenvalue weighted by atomic mass is 16.5. The molecule has 2 atom stereocenters. The molecule has 0 saturated heterocycles. The fraction of sp³-hybridized carbons (Fsp3) is 0.870. The highest BCUT2D eigenvalue weighted by Gasteiger charge is 2.12. The summed E-state index contributed by atoms with van der Waals surface area (Å²) in [6.07, 6.45) is 38.9. The lowest BCUT2D eigenvalue weighted by Crippen LogP contribution is -2.27. The molecule has 0 aliphatic rings. The number of rotatable bonds is 42. The second-order valence-electron chi connectivity index (χ2n) is 15.8. The Kier molecular flexibility index (Phi) is 36.2. The van der Waals surface area contributed by atoms with Gasteiger partial charge in [0.05, 0.1) is 31.1 Å². The van der Waals surface area contributed by atoms with Gasteiger partial charge in [0.25, 0.3) is 0 Å². The smallest absolute Gasteiger partial charge is 0.140 e. The second-order valence-corrected chi connectivity index (χ2v) is 15.8. The zero-order chi connectivity index (χ0) is 38.3. The van der Waals surface area contributed by atoms with Crippen molar-refractivity contribution < 1.29 is 24.8 Å². The van der Waals surface area contributed by atoms with E-state index in [0.29, 0.717) is 31.1 Å². The third-order valence-corrected chi connectivity index (χ3v) is 10.5. The second kappa shape index (κ2) is 38.7. The number of anilines is 2. The van der Waals surface area contributed by atoms with Crippen molar-refractivity contribution in [3.05, 3.63) is 18.2 Å². The van der Waals surface area contributed by atoms with Crippen molar-refractivity contribution >= 4 is 11.4 Å². The number of hydrogen-bond donors (Lipinski definition) is 5. The molecular formula is C46H88N2O5. The Morgan fingerprint density at radius 2 is 0.774 bits per heavy atom. The van der Waals surface area contributed by atoms with Crippen LogP contribution in [0.15, 0.2) is 18.2 Å². The maximum absolute atomic E-state index is 10.5. The number of aliphatic hydroxyl groups is 2. The number of aliphatic hydroxyl groups excluding tert-OH is 2. The van der Waals surface area contributed by atoms with Crippen molar-refractivity contribution in [3.63, 3.8) is 0 Å². The average molecular weight is 749 g/mol. The van der Waals surface area contributed by atoms with Crippen LogP contribution in [0.4, 0.5) is 11.4 Å². The summed E-state index contributed by atoms with van der Waals surface area (Å²) in [5.41, 5.74) is 1.19. The van der Waals surface area contributed by atoms with Gasteiger partial charge >= 0.3 is 0 Å². The number of para-hydroxylation sites is 1. The topological polar surface area (TPSA) is 103 Å². The molecule has 7 heteroatoms. The molecule has 53 heavy (non-hydrogen) atoms. The first-order valence-electron chi connectivity index (χ1n) is 22.9. The van der Waals surface area contributed by atoms with Crippen LogP contribution < -0.4 is 10.6 Å². The Balaban J connectivity index is 2.00. The third kappa shape index (κ3) is 32.4. The van der Waals surface area contributed by atoms with Gasteiger partial charge in [-0.1, -0.05) is 200 Å². The maximum Gasteiger partial charge on any atom is 0.140 e. The first kappa shape index (κ1) is 49.5. The van der Waals surface area contributed by atoms with Crippen LogP contribution >= 0.6 is 0 Å². The summed E-state index contributed by atoms with van der Waals surface area (Å²) in [7, 11) is 0. The number of phenolic OH excluding ortho intramolecular Hbond substituents is 1. The van der Waals surface area contributed by atoms with E-state index in [9.17, 15) is 15.3 Å². The van der Waals surface area contributed by atoms with Crippen molar-refractivity contribution in [2.75, 3.05) is 50.2 Å². The van der Waals surface area contributed by atoms with Crippen LogP contribution in [0.2, 0.25) is 0 Å². The number of phenols is 1. The maximum atomic E-state index is 10.5. The summed E-state index contributed by atoms with van der Waals surface area (Å²) in [5.74, 6) is 0.0971. The Hall–Kier alpha value is -1.54. The summed E-state index contributed by atoms with van der Waals surface area (Å²) in [6, 6.07) is 5.23. The number of unbranched alkanes of at least 4 members (excludes halogenated alkanes) is 28. The summed E-state index contributed by atoms with van der Waals surface area (Å²) >= 11 is 0. The van der Waals surface area contributed by atoms with Gasteiger partial charge in [-0.15, -0.1) is 0 Å². The largest absolute Gasteiger partial charge is 0.506 e. The van der Waals surface area contributed by atoms with Crippen LogP contribution in [0.5, 0.6) is 5.75 Å². The summed E-state index contributed by atoms with van der Waals surface area (Å²) in [4.78, 5) is 0. The van der Waals surface area contributed by atoms with Gasteiger partial charge in [0.2, 0.25) is 0 Å². The lowest BCUT2D eigenvalue weighted by Gasteiger charge is -2.19. The minimum Gasteiger partial charge on any atom is -0.506 e. The number of benzene rings is 1. The molecule has 2 unspecified atom stereocenters. The van der Waals surface area contributed by atoms with Crippen molar-refractivity contribution in [2.24, 2.45) is 0 Å². The highest BCUT2D eigenvalue weighted by Crippen LogP contribution is 2.31. The minimum atomic E-state index is -0.683. The molecule has 1 aromatic carbocycles. The lowest BCUT2D eigenvalue weighted by atomic mass is 10.0. The number of ether oxygens (including phenoxy) is 2. The molecule has 312 valence electrons. The molecule has 1 rings (SSSR count). The van der Waals surface area contributed by atoms with Gasteiger partial charge in [-0.3, -0.25) is 0 Å². The van der Waals surface area contributed by atoms with E-state index in [1.807, 2.05) is 6.07 Å². The Morgan fingerprint density at radius 3 is 1.13 bits per heavy atom. The monoisotopic (exact) mass is 749 g/mol. The Morgan fingerprint density at radius 1 is 0.453 bits per heavy atom. The molecule has 1 aromatic rings. The van der Waals surface area contributed by atoms with E-state index < -0.39 is 12.2 Å². The summed E-state index contributed by atoms with van der Waals surface area (Å²) in [6.45, 7) is 7.01. The van der Waals surface area contributed by atoms with Crippen LogP contribution in [0.3, 0.4) is 0 Å². The summed E-state index contributed by atoms with van der Waals surface area (Å²) in [5, 5.41) is 37.8. The molecule has 0 aliphatic carbocycles. The molecule has 0 saturated carbocycles. The van der Waals surface area contributed by atoms with E-state index >= 15 is 0 Å². The first-order valence-corrected chi connectivity index (χ1v) is 22.9. The Labute approximate surface area is 328 Å². The Bertz CT molecular complexity index is 887. The van der Waals surface area contributed by atoms with Gasteiger partial charge in [-0.25, -0.2) is 0 Å². The highest BCUT2D eigenvalue weighted by molar-refractivity contribution is 5.75. The molecule has 0 bridgehead atoms. The minimum absolute atomic E-state index is 0.0971. The van der Waals surface area contributed by atoms with E-state index in [0.717, 1.165) is 12.8 Å². The first-order chi connectivity index (χ1) is 26.1. The van der Waals surface area contributed by atoms with Crippen molar-refractivity contribution in [1.29, 1.82) is 0 Å². The molecule has 0 spiro atoms. The van der Waals surface area contributed by atoms with E-state index in [2.05, 4.69) is 24.5 Å². The SMILES string of the molecule is CCCCCCCCCCCCCCCCCOCC(O)CNc1cccc(O)c1NCC(O)COCCCCCCCCCCCCCCCCC. The fourth-order valence-corrected chi connectivity index (χ4v) is 7.03. The van der Waals surface area contributed by atoms with Crippen LogP contribution in [0.1, 0.15) is 206 Å². The molecule has 0 heterocycles. The quantitative estimate of drug-likeness (QED) is 0.0335. The molecule has 7 nitrogen and oxygen atoms in total.